The maximum atomic E-state index is 14.3. The van der Waals surface area contributed by atoms with E-state index in [1.165, 1.54) is 13.8 Å². The second kappa shape index (κ2) is 16.7. The average Bonchev–Trinajstić information content (AvgIpc) is 3.01. The van der Waals surface area contributed by atoms with Gasteiger partial charge in [-0.15, -0.1) is 0 Å². The van der Waals surface area contributed by atoms with Crippen molar-refractivity contribution in [3.63, 3.8) is 0 Å². The zero-order valence-corrected chi connectivity index (χ0v) is 26.2. The maximum absolute atomic E-state index is 14.3. The van der Waals surface area contributed by atoms with Gasteiger partial charge in [-0.25, -0.2) is 8.78 Å². The molecule has 2 amide bonds. The average molecular weight is 669 g/mol. The van der Waals surface area contributed by atoms with E-state index in [9.17, 15) is 43.9 Å². The van der Waals surface area contributed by atoms with E-state index in [1.54, 1.807) is 0 Å². The minimum Gasteiger partial charge on any atom is -0.394 e. The molecular weight excluding hydrogens is 618 g/mol. The van der Waals surface area contributed by atoms with Crippen LogP contribution in [0.1, 0.15) is 71.6 Å². The zero-order chi connectivity index (χ0) is 33.7. The number of hydrogen-bond donors (Lipinski definition) is 7. The summed E-state index contributed by atoms with van der Waals surface area (Å²) in [4.78, 5) is 24.9. The van der Waals surface area contributed by atoms with Gasteiger partial charge in [-0.2, -0.15) is 0 Å². The van der Waals surface area contributed by atoms with E-state index >= 15 is 0 Å². The predicted molar refractivity (Wildman–Crippen MR) is 154 cm³/mol. The minimum absolute atomic E-state index is 0.0392. The summed E-state index contributed by atoms with van der Waals surface area (Å²) in [5, 5.41) is 54.7. The second-order valence-electron chi connectivity index (χ2n) is 13.1. The Bertz CT molecular complexity index is 994. The van der Waals surface area contributed by atoms with Crippen LogP contribution in [-0.2, 0) is 33.3 Å². The first-order chi connectivity index (χ1) is 21.8. The molecule has 16 heteroatoms. The molecule has 0 spiro atoms. The zero-order valence-electron chi connectivity index (χ0n) is 26.2. The molecule has 0 aromatic carbocycles. The highest BCUT2D eigenvalue weighted by Crippen LogP contribution is 2.38. The van der Waals surface area contributed by atoms with Crippen LogP contribution in [-0.4, -0.2) is 130 Å². The number of amides is 2. The van der Waals surface area contributed by atoms with Gasteiger partial charge in [-0.3, -0.25) is 9.59 Å². The van der Waals surface area contributed by atoms with Gasteiger partial charge in [0.1, 0.15) is 48.8 Å². The molecule has 0 bridgehead atoms. The van der Waals surface area contributed by atoms with E-state index < -0.39 is 110 Å². The van der Waals surface area contributed by atoms with Gasteiger partial charge in [0.05, 0.1) is 24.9 Å². The van der Waals surface area contributed by atoms with Gasteiger partial charge in [0.15, 0.2) is 12.6 Å². The third-order valence-corrected chi connectivity index (χ3v) is 9.68. The van der Waals surface area contributed by atoms with Gasteiger partial charge in [-0.05, 0) is 32.1 Å². The molecule has 14 atom stereocenters. The number of aliphatic hydroxyl groups excluding tert-OH is 5. The number of aliphatic hydroxyl groups is 5. The Kier molecular flexibility index (Phi) is 13.5. The molecule has 8 N–H and O–H groups in total. The van der Waals surface area contributed by atoms with Gasteiger partial charge >= 0.3 is 0 Å². The number of rotatable bonds is 12. The van der Waals surface area contributed by atoms with Crippen LogP contribution in [0.3, 0.4) is 0 Å². The van der Waals surface area contributed by atoms with Crippen LogP contribution in [0.15, 0.2) is 0 Å². The minimum atomic E-state index is -2.87. The Morgan fingerprint density at radius 3 is 2.20 bits per heavy atom. The van der Waals surface area contributed by atoms with Crippen molar-refractivity contribution in [2.45, 2.75) is 158 Å². The van der Waals surface area contributed by atoms with Crippen molar-refractivity contribution < 1.29 is 67.6 Å². The number of ether oxygens (including phenoxy) is 5. The van der Waals surface area contributed by atoms with E-state index in [0.717, 1.165) is 32.1 Å². The van der Waals surface area contributed by atoms with Crippen molar-refractivity contribution in [1.29, 1.82) is 0 Å². The summed E-state index contributed by atoms with van der Waals surface area (Å²) in [6, 6.07) is -1.27. The van der Waals surface area contributed by atoms with Crippen LogP contribution in [0.25, 0.3) is 0 Å². The lowest BCUT2D eigenvalue weighted by atomic mass is 9.84. The van der Waals surface area contributed by atoms with Crippen molar-refractivity contribution in [2.24, 2.45) is 17.6 Å². The van der Waals surface area contributed by atoms with Gasteiger partial charge in [0.25, 0.3) is 0 Å². The van der Waals surface area contributed by atoms with Crippen LogP contribution >= 0.6 is 0 Å². The second-order valence-corrected chi connectivity index (χ2v) is 13.1. The Balaban J connectivity index is 1.60. The molecule has 5 unspecified atom stereocenters. The first kappa shape index (κ1) is 37.2. The van der Waals surface area contributed by atoms with Crippen molar-refractivity contribution in [3.8, 4) is 0 Å². The van der Waals surface area contributed by atoms with E-state index in [2.05, 4.69) is 5.32 Å². The van der Waals surface area contributed by atoms with Crippen molar-refractivity contribution in [2.75, 3.05) is 6.61 Å². The van der Waals surface area contributed by atoms with Crippen LogP contribution in [0, 0.1) is 11.8 Å². The van der Waals surface area contributed by atoms with Crippen molar-refractivity contribution in [3.05, 3.63) is 0 Å². The summed E-state index contributed by atoms with van der Waals surface area (Å²) in [5.74, 6) is -2.57. The van der Waals surface area contributed by atoms with Gasteiger partial charge in [0.2, 0.25) is 18.2 Å². The molecule has 0 aromatic heterocycles. The molecule has 4 aliphatic rings. The molecule has 2 aliphatic heterocycles. The molecule has 2 heterocycles. The third kappa shape index (κ3) is 8.89. The molecule has 0 aromatic rings. The normalized spacial score (nSPS) is 41.7. The molecule has 266 valence electrons. The SMILES string of the molecule is CC(=O)NC1C(O[C@@H](CC2CCCCC2)C(N)=O)[C@@H](O)[C@H](CO)O[C@H]1O[C@@H]1CCC[C@@H](C(F)F)C1OC1O[C@@H](C)C(O)[C@H](O)[C@@H]1O. The first-order valence-corrected chi connectivity index (χ1v) is 16.3. The van der Waals surface area contributed by atoms with Crippen molar-refractivity contribution >= 4 is 11.8 Å². The summed E-state index contributed by atoms with van der Waals surface area (Å²) >= 11 is 0. The summed E-state index contributed by atoms with van der Waals surface area (Å²) in [7, 11) is 0. The quantitative estimate of drug-likeness (QED) is 0.139. The number of primary amides is 1. The van der Waals surface area contributed by atoms with Crippen molar-refractivity contribution in [1.82, 2.24) is 5.32 Å². The molecule has 14 nitrogen and oxygen atoms in total. The van der Waals surface area contributed by atoms with Crippen LogP contribution < -0.4 is 11.1 Å². The maximum Gasteiger partial charge on any atom is 0.246 e. The fraction of sp³-hybridized carbons (Fsp3) is 0.933. The number of nitrogens with two attached hydrogens (primary N) is 1. The number of halogens is 2. The van der Waals surface area contributed by atoms with E-state index in [0.29, 0.717) is 12.8 Å². The lowest BCUT2D eigenvalue weighted by Gasteiger charge is -2.48. The first-order valence-electron chi connectivity index (χ1n) is 16.3. The molecule has 46 heavy (non-hydrogen) atoms. The summed E-state index contributed by atoms with van der Waals surface area (Å²) in [6.07, 6.45) is -14.0. The Hall–Kier alpha value is -1.60. The standard InChI is InChI=1S/C30H50F2N2O12/c1-13-21(37)23(39)24(40)30(42-13)46-25-16(27(31)32)9-6-10-17(25)44-29-20(34-14(2)36)26(22(38)19(12-35)45-29)43-18(28(33)41)11-15-7-4-3-5-8-15/h13,15-27,29-30,35,37-40H,3-12H2,1-2H3,(H2,33,41)(H,34,36)/t13-,16+,17+,18-,19-,20?,21?,22-,23-,24-,25?,26?,29+,30?/m0/s1. The molecule has 4 fully saturated rings. The molecule has 2 aliphatic carbocycles. The highest BCUT2D eigenvalue weighted by atomic mass is 19.3. The number of alkyl halides is 2. The van der Waals surface area contributed by atoms with E-state index in [4.69, 9.17) is 29.4 Å². The van der Waals surface area contributed by atoms with Gasteiger partial charge < -0.3 is 60.3 Å². The van der Waals surface area contributed by atoms with Gasteiger partial charge in [-0.1, -0.05) is 38.5 Å². The summed E-state index contributed by atoms with van der Waals surface area (Å²) < 4.78 is 58.3. The van der Waals surface area contributed by atoms with Gasteiger partial charge in [0, 0.05) is 12.8 Å². The molecule has 0 radical (unpaired) electrons. The Morgan fingerprint density at radius 1 is 0.891 bits per heavy atom. The summed E-state index contributed by atoms with van der Waals surface area (Å²) in [6.45, 7) is 1.92. The Morgan fingerprint density at radius 2 is 1.59 bits per heavy atom. The highest BCUT2D eigenvalue weighted by molar-refractivity contribution is 5.78. The van der Waals surface area contributed by atoms with E-state index in [-0.39, 0.29) is 18.8 Å². The molecule has 2 saturated carbocycles. The Labute approximate surface area is 266 Å². The largest absolute Gasteiger partial charge is 0.394 e. The fourth-order valence-electron chi connectivity index (χ4n) is 7.10. The molecule has 4 rings (SSSR count). The number of hydrogen-bond acceptors (Lipinski definition) is 12. The number of carbonyl (C=O) groups is 2. The smallest absolute Gasteiger partial charge is 0.246 e. The lowest BCUT2D eigenvalue weighted by molar-refractivity contribution is -0.340. The van der Waals surface area contributed by atoms with Crippen LogP contribution in [0.5, 0.6) is 0 Å². The highest BCUT2D eigenvalue weighted by Gasteiger charge is 2.52. The van der Waals surface area contributed by atoms with Crippen LogP contribution in [0.4, 0.5) is 8.78 Å². The summed E-state index contributed by atoms with van der Waals surface area (Å²) in [5.41, 5.74) is 5.71. The fourth-order valence-corrected chi connectivity index (χ4v) is 7.10. The lowest BCUT2D eigenvalue weighted by Crippen LogP contribution is -2.67. The van der Waals surface area contributed by atoms with Crippen LogP contribution in [0.2, 0.25) is 0 Å². The molecular formula is C30H50F2N2O12. The number of carbonyl (C=O) groups excluding carboxylic acids is 2. The predicted octanol–water partition coefficient (Wildman–Crippen LogP) is -0.558. The third-order valence-electron chi connectivity index (χ3n) is 9.68. The number of nitrogens with one attached hydrogen (secondary N) is 1. The monoisotopic (exact) mass is 668 g/mol. The topological polar surface area (TPSA) is 219 Å². The van der Waals surface area contributed by atoms with E-state index in [1.807, 2.05) is 0 Å². The molecule has 2 saturated heterocycles.